The van der Waals surface area contributed by atoms with E-state index in [-0.39, 0.29) is 11.9 Å². The molecular formula is C14H17FN2S. The van der Waals surface area contributed by atoms with Crippen molar-refractivity contribution in [3.63, 3.8) is 0 Å². The Hall–Kier alpha value is -1.26. The molecule has 2 aromatic rings. The Morgan fingerprint density at radius 1 is 1.39 bits per heavy atom. The van der Waals surface area contributed by atoms with Gasteiger partial charge in [-0.2, -0.15) is 0 Å². The zero-order valence-corrected chi connectivity index (χ0v) is 11.6. The Balaban J connectivity index is 2.44. The molecule has 0 fully saturated rings. The average Bonchev–Trinajstić information content (AvgIpc) is 2.76. The Morgan fingerprint density at radius 2 is 2.17 bits per heavy atom. The van der Waals surface area contributed by atoms with Gasteiger partial charge in [-0.1, -0.05) is 13.0 Å². The van der Waals surface area contributed by atoms with Crippen LogP contribution in [0.15, 0.2) is 23.6 Å². The molecule has 1 N–H and O–H groups in total. The molecule has 0 aliphatic heterocycles. The van der Waals surface area contributed by atoms with E-state index in [1.165, 1.54) is 6.07 Å². The molecule has 0 aliphatic rings. The molecule has 0 radical (unpaired) electrons. The van der Waals surface area contributed by atoms with Crippen molar-refractivity contribution in [3.8, 4) is 0 Å². The number of aromatic nitrogens is 1. The summed E-state index contributed by atoms with van der Waals surface area (Å²) in [6.07, 6.45) is 0. The highest BCUT2D eigenvalue weighted by Crippen LogP contribution is 2.27. The maximum absolute atomic E-state index is 13.4. The summed E-state index contributed by atoms with van der Waals surface area (Å²) < 4.78 is 13.4. The van der Waals surface area contributed by atoms with Gasteiger partial charge in [0, 0.05) is 11.1 Å². The number of hydrogen-bond donors (Lipinski definition) is 1. The highest BCUT2D eigenvalue weighted by atomic mass is 32.1. The number of halogens is 1. The molecule has 2 rings (SSSR count). The molecule has 0 spiro atoms. The van der Waals surface area contributed by atoms with Crippen molar-refractivity contribution in [2.24, 2.45) is 0 Å². The van der Waals surface area contributed by atoms with Crippen LogP contribution in [0.25, 0.3) is 0 Å². The van der Waals surface area contributed by atoms with E-state index in [9.17, 15) is 4.39 Å². The summed E-state index contributed by atoms with van der Waals surface area (Å²) in [6.45, 7) is 6.84. The minimum Gasteiger partial charge on any atom is -0.305 e. The average molecular weight is 264 g/mol. The van der Waals surface area contributed by atoms with Crippen molar-refractivity contribution < 1.29 is 4.39 Å². The van der Waals surface area contributed by atoms with Gasteiger partial charge in [0.25, 0.3) is 0 Å². The molecule has 0 saturated carbocycles. The zero-order valence-electron chi connectivity index (χ0n) is 10.8. The van der Waals surface area contributed by atoms with Crippen LogP contribution in [0.1, 0.15) is 34.8 Å². The molecule has 0 bridgehead atoms. The van der Waals surface area contributed by atoms with Gasteiger partial charge in [0.2, 0.25) is 0 Å². The summed E-state index contributed by atoms with van der Waals surface area (Å²) in [5.41, 5.74) is 3.05. The van der Waals surface area contributed by atoms with Crippen LogP contribution in [0.2, 0.25) is 0 Å². The molecular weight excluding hydrogens is 247 g/mol. The third kappa shape index (κ3) is 2.76. The van der Waals surface area contributed by atoms with Gasteiger partial charge in [0.1, 0.15) is 10.8 Å². The van der Waals surface area contributed by atoms with Gasteiger partial charge in [-0.3, -0.25) is 0 Å². The highest BCUT2D eigenvalue weighted by molar-refractivity contribution is 7.09. The van der Waals surface area contributed by atoms with E-state index in [0.29, 0.717) is 0 Å². The predicted molar refractivity (Wildman–Crippen MR) is 73.5 cm³/mol. The Morgan fingerprint density at radius 3 is 2.78 bits per heavy atom. The van der Waals surface area contributed by atoms with Crippen LogP contribution in [0.5, 0.6) is 0 Å². The fraction of sp³-hybridized carbons (Fsp3) is 0.357. The minimum absolute atomic E-state index is 0.0237. The van der Waals surface area contributed by atoms with E-state index in [2.05, 4.69) is 10.3 Å². The fourth-order valence-corrected chi connectivity index (χ4v) is 2.85. The largest absolute Gasteiger partial charge is 0.305 e. The summed E-state index contributed by atoms with van der Waals surface area (Å²) in [6, 6.07) is 4.88. The van der Waals surface area contributed by atoms with E-state index >= 15 is 0 Å². The van der Waals surface area contributed by atoms with E-state index in [0.717, 1.165) is 28.4 Å². The lowest BCUT2D eigenvalue weighted by Crippen LogP contribution is -2.22. The molecule has 1 unspecified atom stereocenters. The van der Waals surface area contributed by atoms with Crippen LogP contribution in [0, 0.1) is 19.7 Å². The van der Waals surface area contributed by atoms with Crippen molar-refractivity contribution in [2.75, 3.05) is 6.54 Å². The van der Waals surface area contributed by atoms with Crippen molar-refractivity contribution in [1.82, 2.24) is 10.3 Å². The van der Waals surface area contributed by atoms with Gasteiger partial charge in [0.15, 0.2) is 0 Å². The first-order chi connectivity index (χ1) is 8.61. The van der Waals surface area contributed by atoms with Crippen molar-refractivity contribution in [3.05, 3.63) is 51.2 Å². The standard InChI is InChI=1S/C14H17FN2S/c1-4-16-13(14-17-10(3)8-18-14)12-7-11(15)6-5-9(12)2/h5-8,13,16H,4H2,1-3H3. The van der Waals surface area contributed by atoms with Crippen LogP contribution in [0.4, 0.5) is 4.39 Å². The van der Waals surface area contributed by atoms with Crippen LogP contribution >= 0.6 is 11.3 Å². The number of nitrogens with one attached hydrogen (secondary N) is 1. The predicted octanol–water partition coefficient (Wildman–Crippen LogP) is 3.60. The Kier molecular flexibility index (Phi) is 4.09. The van der Waals surface area contributed by atoms with Crippen LogP contribution in [-0.2, 0) is 0 Å². The van der Waals surface area contributed by atoms with Crippen molar-refractivity contribution >= 4 is 11.3 Å². The second-order valence-corrected chi connectivity index (χ2v) is 5.21. The summed E-state index contributed by atoms with van der Waals surface area (Å²) in [5.74, 6) is -0.202. The highest BCUT2D eigenvalue weighted by Gasteiger charge is 2.18. The van der Waals surface area contributed by atoms with Crippen molar-refractivity contribution in [1.29, 1.82) is 0 Å². The number of thiazole rings is 1. The molecule has 1 aromatic heterocycles. The van der Waals surface area contributed by atoms with Crippen LogP contribution in [-0.4, -0.2) is 11.5 Å². The maximum atomic E-state index is 13.4. The smallest absolute Gasteiger partial charge is 0.123 e. The molecule has 4 heteroatoms. The quantitative estimate of drug-likeness (QED) is 0.912. The monoisotopic (exact) mass is 264 g/mol. The molecule has 0 aliphatic carbocycles. The van der Waals surface area contributed by atoms with Gasteiger partial charge in [-0.25, -0.2) is 9.37 Å². The summed E-state index contributed by atoms with van der Waals surface area (Å²) in [7, 11) is 0. The Labute approximate surface area is 111 Å². The molecule has 96 valence electrons. The molecule has 18 heavy (non-hydrogen) atoms. The topological polar surface area (TPSA) is 24.9 Å². The maximum Gasteiger partial charge on any atom is 0.123 e. The second-order valence-electron chi connectivity index (χ2n) is 4.32. The summed E-state index contributed by atoms with van der Waals surface area (Å²) >= 11 is 1.61. The third-order valence-corrected chi connectivity index (χ3v) is 3.87. The SMILES string of the molecule is CCNC(c1nc(C)cs1)c1cc(F)ccc1C. The number of nitrogens with zero attached hydrogens (tertiary/aromatic N) is 1. The lowest BCUT2D eigenvalue weighted by Gasteiger charge is -2.18. The fourth-order valence-electron chi connectivity index (χ4n) is 1.96. The molecule has 0 saturated heterocycles. The second kappa shape index (κ2) is 5.59. The first-order valence-corrected chi connectivity index (χ1v) is 6.91. The normalized spacial score (nSPS) is 12.7. The number of hydrogen-bond acceptors (Lipinski definition) is 3. The molecule has 0 amide bonds. The third-order valence-electron chi connectivity index (χ3n) is 2.84. The molecule has 1 atom stereocenters. The van der Waals surface area contributed by atoms with E-state index in [1.807, 2.05) is 32.2 Å². The molecule has 1 aromatic carbocycles. The minimum atomic E-state index is -0.202. The van der Waals surface area contributed by atoms with E-state index < -0.39 is 0 Å². The molecule has 1 heterocycles. The van der Waals surface area contributed by atoms with Gasteiger partial charge >= 0.3 is 0 Å². The lowest BCUT2D eigenvalue weighted by atomic mass is 10.0. The van der Waals surface area contributed by atoms with E-state index in [1.54, 1.807) is 17.4 Å². The Bertz CT molecular complexity index is 536. The first kappa shape index (κ1) is 13.2. The number of rotatable bonds is 4. The van der Waals surface area contributed by atoms with Gasteiger partial charge < -0.3 is 5.32 Å². The summed E-state index contributed by atoms with van der Waals surface area (Å²) in [5, 5.41) is 6.39. The van der Waals surface area contributed by atoms with Crippen LogP contribution in [0.3, 0.4) is 0 Å². The van der Waals surface area contributed by atoms with Crippen LogP contribution < -0.4 is 5.32 Å². The summed E-state index contributed by atoms with van der Waals surface area (Å²) in [4.78, 5) is 4.51. The lowest BCUT2D eigenvalue weighted by molar-refractivity contribution is 0.598. The van der Waals surface area contributed by atoms with Crippen molar-refractivity contribution in [2.45, 2.75) is 26.8 Å². The van der Waals surface area contributed by atoms with Gasteiger partial charge in [-0.05, 0) is 43.7 Å². The first-order valence-electron chi connectivity index (χ1n) is 6.03. The number of aryl methyl sites for hydroxylation is 2. The number of benzene rings is 1. The van der Waals surface area contributed by atoms with Gasteiger partial charge in [-0.15, -0.1) is 11.3 Å². The zero-order chi connectivity index (χ0) is 13.1. The van der Waals surface area contributed by atoms with E-state index in [4.69, 9.17) is 0 Å². The molecule has 2 nitrogen and oxygen atoms in total. The van der Waals surface area contributed by atoms with Gasteiger partial charge in [0.05, 0.1) is 6.04 Å².